The summed E-state index contributed by atoms with van der Waals surface area (Å²) in [5.74, 6) is -0.850. The molecular weight excluding hydrogens is 296 g/mol. The minimum atomic E-state index is -0.850. The number of aliphatic carboxylic acids is 1. The van der Waals surface area contributed by atoms with E-state index in [0.717, 1.165) is 11.4 Å². The maximum absolute atomic E-state index is 12.4. The number of rotatable bonds is 4. The number of hydrogen-bond acceptors (Lipinski definition) is 4. The number of carboxylic acids is 1. The average Bonchev–Trinajstić information content (AvgIpc) is 2.98. The Balaban J connectivity index is 2.18. The largest absolute Gasteiger partial charge is 0.481 e. The molecule has 0 bridgehead atoms. The van der Waals surface area contributed by atoms with E-state index in [1.807, 2.05) is 17.4 Å². The number of carboxylic acid groups (broad SMARTS) is 1. The molecule has 0 unspecified atom stereocenters. The van der Waals surface area contributed by atoms with Crippen LogP contribution in [-0.4, -0.2) is 30.0 Å². The van der Waals surface area contributed by atoms with Gasteiger partial charge in [-0.15, -0.1) is 0 Å². The molecule has 0 amide bonds. The van der Waals surface area contributed by atoms with Gasteiger partial charge in [0.15, 0.2) is 0 Å². The quantitative estimate of drug-likeness (QED) is 0.787. The van der Waals surface area contributed by atoms with E-state index >= 15 is 0 Å². The molecular formula is C16H16N4O3. The van der Waals surface area contributed by atoms with Crippen LogP contribution in [0.2, 0.25) is 0 Å². The first-order valence-corrected chi connectivity index (χ1v) is 7.19. The first kappa shape index (κ1) is 15.0. The Morgan fingerprint density at radius 3 is 2.87 bits per heavy atom. The van der Waals surface area contributed by atoms with Gasteiger partial charge < -0.3 is 14.1 Å². The van der Waals surface area contributed by atoms with Crippen molar-refractivity contribution in [2.45, 2.75) is 19.8 Å². The van der Waals surface area contributed by atoms with Crippen LogP contribution >= 0.6 is 0 Å². The van der Waals surface area contributed by atoms with Crippen LogP contribution in [0.25, 0.3) is 16.9 Å². The monoisotopic (exact) mass is 312 g/mol. The van der Waals surface area contributed by atoms with Crippen LogP contribution < -0.4 is 5.56 Å². The minimum Gasteiger partial charge on any atom is -0.481 e. The van der Waals surface area contributed by atoms with Crippen molar-refractivity contribution in [3.63, 3.8) is 0 Å². The average molecular weight is 312 g/mol. The lowest BCUT2D eigenvalue weighted by Gasteiger charge is -2.09. The van der Waals surface area contributed by atoms with E-state index < -0.39 is 5.97 Å². The van der Waals surface area contributed by atoms with Gasteiger partial charge in [0.1, 0.15) is 11.3 Å². The van der Waals surface area contributed by atoms with Crippen molar-refractivity contribution in [2.24, 2.45) is 7.05 Å². The van der Waals surface area contributed by atoms with Gasteiger partial charge in [0.05, 0.1) is 12.1 Å². The smallest absolute Gasteiger partial charge is 0.303 e. The summed E-state index contributed by atoms with van der Waals surface area (Å²) in [5.41, 5.74) is 2.95. The maximum Gasteiger partial charge on any atom is 0.303 e. The number of imidazole rings is 1. The van der Waals surface area contributed by atoms with Crippen LogP contribution in [0.5, 0.6) is 0 Å². The summed E-state index contributed by atoms with van der Waals surface area (Å²) in [6.07, 6.45) is 5.49. The summed E-state index contributed by atoms with van der Waals surface area (Å²) in [5, 5.41) is 8.85. The number of hydrogen-bond donors (Lipinski definition) is 1. The topological polar surface area (TPSA) is 89.5 Å². The summed E-state index contributed by atoms with van der Waals surface area (Å²) in [4.78, 5) is 31.8. The van der Waals surface area contributed by atoms with Crippen LogP contribution in [0.4, 0.5) is 0 Å². The predicted molar refractivity (Wildman–Crippen MR) is 84.4 cm³/mol. The SMILES string of the molecule is Cc1cn(C)c(=O)c(-c2ccc(CCC(=O)O)n3ccnc23)n1. The van der Waals surface area contributed by atoms with Crippen molar-refractivity contribution in [1.82, 2.24) is 18.9 Å². The van der Waals surface area contributed by atoms with Crippen LogP contribution in [0.1, 0.15) is 17.8 Å². The van der Waals surface area contributed by atoms with E-state index in [1.54, 1.807) is 31.7 Å². The Kier molecular flexibility index (Phi) is 3.69. The van der Waals surface area contributed by atoms with Crippen molar-refractivity contribution >= 4 is 11.6 Å². The molecule has 0 aliphatic heterocycles. The summed E-state index contributed by atoms with van der Waals surface area (Å²) >= 11 is 0. The fourth-order valence-corrected chi connectivity index (χ4v) is 2.63. The zero-order valence-electron chi connectivity index (χ0n) is 12.9. The number of fused-ring (bicyclic) bond motifs is 1. The molecule has 0 spiro atoms. The molecule has 0 radical (unpaired) electrons. The van der Waals surface area contributed by atoms with Crippen molar-refractivity contribution in [3.05, 3.63) is 52.5 Å². The van der Waals surface area contributed by atoms with Gasteiger partial charge in [0, 0.05) is 36.9 Å². The summed E-state index contributed by atoms with van der Waals surface area (Å²) in [6.45, 7) is 1.83. The van der Waals surface area contributed by atoms with Gasteiger partial charge in [-0.25, -0.2) is 9.97 Å². The molecule has 3 aromatic rings. The molecule has 0 aliphatic rings. The maximum atomic E-state index is 12.4. The number of carbonyl (C=O) groups is 1. The molecule has 3 rings (SSSR count). The molecule has 3 heterocycles. The van der Waals surface area contributed by atoms with Gasteiger partial charge in [0.25, 0.3) is 5.56 Å². The second-order valence-corrected chi connectivity index (χ2v) is 5.40. The third kappa shape index (κ3) is 2.73. The number of aromatic nitrogens is 4. The van der Waals surface area contributed by atoms with E-state index in [-0.39, 0.29) is 12.0 Å². The Labute approximate surface area is 131 Å². The predicted octanol–water partition coefficient (Wildman–Crippen LogP) is 1.42. The minimum absolute atomic E-state index is 0.0388. The zero-order chi connectivity index (χ0) is 16.6. The van der Waals surface area contributed by atoms with E-state index in [0.29, 0.717) is 23.3 Å². The normalized spacial score (nSPS) is 11.0. The Morgan fingerprint density at radius 1 is 1.35 bits per heavy atom. The van der Waals surface area contributed by atoms with Gasteiger partial charge in [-0.3, -0.25) is 9.59 Å². The standard InChI is InChI=1S/C16H16N4O3/c1-10-9-19(2)16(23)14(18-10)12-5-3-11(4-6-13(21)22)20-8-7-17-15(12)20/h3,5,7-9H,4,6H2,1-2H3,(H,21,22). The fourth-order valence-electron chi connectivity index (χ4n) is 2.63. The summed E-state index contributed by atoms with van der Waals surface area (Å²) in [7, 11) is 1.69. The second kappa shape index (κ2) is 5.68. The highest BCUT2D eigenvalue weighted by Gasteiger charge is 2.15. The molecule has 0 aliphatic carbocycles. The number of pyridine rings is 1. The van der Waals surface area contributed by atoms with Gasteiger partial charge in [-0.2, -0.15) is 0 Å². The molecule has 0 atom stereocenters. The lowest BCUT2D eigenvalue weighted by atomic mass is 10.1. The fraction of sp³-hybridized carbons (Fsp3) is 0.250. The zero-order valence-corrected chi connectivity index (χ0v) is 12.9. The molecule has 0 saturated heterocycles. The van der Waals surface area contributed by atoms with Gasteiger partial charge in [0.2, 0.25) is 0 Å². The highest BCUT2D eigenvalue weighted by atomic mass is 16.4. The van der Waals surface area contributed by atoms with Crippen LogP contribution in [-0.2, 0) is 18.3 Å². The lowest BCUT2D eigenvalue weighted by Crippen LogP contribution is -2.20. The Bertz CT molecular complexity index is 956. The van der Waals surface area contributed by atoms with Crippen molar-refractivity contribution in [1.29, 1.82) is 0 Å². The number of nitrogens with zero attached hydrogens (tertiary/aromatic N) is 4. The summed E-state index contributed by atoms with van der Waals surface area (Å²) in [6, 6.07) is 3.60. The molecule has 0 aromatic carbocycles. The molecule has 118 valence electrons. The molecule has 7 nitrogen and oxygen atoms in total. The van der Waals surface area contributed by atoms with Crippen LogP contribution in [0.3, 0.4) is 0 Å². The van der Waals surface area contributed by atoms with Crippen molar-refractivity contribution in [2.75, 3.05) is 0 Å². The van der Waals surface area contributed by atoms with Crippen molar-refractivity contribution in [3.8, 4) is 11.3 Å². The van der Waals surface area contributed by atoms with Crippen LogP contribution in [0, 0.1) is 6.92 Å². The third-order valence-electron chi connectivity index (χ3n) is 3.68. The third-order valence-corrected chi connectivity index (χ3v) is 3.68. The first-order valence-electron chi connectivity index (χ1n) is 7.19. The molecule has 1 N–H and O–H groups in total. The summed E-state index contributed by atoms with van der Waals surface area (Å²) < 4.78 is 3.30. The molecule has 3 aromatic heterocycles. The molecule has 0 saturated carbocycles. The van der Waals surface area contributed by atoms with E-state index in [1.165, 1.54) is 4.57 Å². The highest BCUT2D eigenvalue weighted by Crippen LogP contribution is 2.21. The molecule has 0 fully saturated rings. The molecule has 7 heteroatoms. The Morgan fingerprint density at radius 2 is 2.13 bits per heavy atom. The van der Waals surface area contributed by atoms with Gasteiger partial charge >= 0.3 is 5.97 Å². The van der Waals surface area contributed by atoms with E-state index in [2.05, 4.69) is 9.97 Å². The van der Waals surface area contributed by atoms with E-state index in [4.69, 9.17) is 5.11 Å². The first-order chi connectivity index (χ1) is 11.0. The second-order valence-electron chi connectivity index (χ2n) is 5.40. The van der Waals surface area contributed by atoms with Crippen molar-refractivity contribution < 1.29 is 9.90 Å². The van der Waals surface area contributed by atoms with Gasteiger partial charge in [-0.05, 0) is 25.5 Å². The Hall–Kier alpha value is -2.96. The van der Waals surface area contributed by atoms with Crippen LogP contribution in [0.15, 0.2) is 35.5 Å². The molecule has 23 heavy (non-hydrogen) atoms. The highest BCUT2D eigenvalue weighted by molar-refractivity contribution is 5.75. The lowest BCUT2D eigenvalue weighted by molar-refractivity contribution is -0.136. The van der Waals surface area contributed by atoms with E-state index in [9.17, 15) is 9.59 Å². The van der Waals surface area contributed by atoms with Gasteiger partial charge in [-0.1, -0.05) is 0 Å². The number of aryl methyl sites for hydroxylation is 3.